The molecule has 0 radical (unpaired) electrons. The molecule has 6 nitrogen and oxygen atoms in total. The largest absolute Gasteiger partial charge is 0.506 e. The first kappa shape index (κ1) is 18.8. The zero-order chi connectivity index (χ0) is 19.2. The van der Waals surface area contributed by atoms with Crippen LogP contribution in [0, 0.1) is 12.8 Å². The average Bonchev–Trinajstić information content (AvgIpc) is 2.69. The van der Waals surface area contributed by atoms with E-state index in [1.807, 2.05) is 43.3 Å². The summed E-state index contributed by atoms with van der Waals surface area (Å²) in [4.78, 5) is 26.5. The molecule has 1 saturated heterocycles. The Balaban J connectivity index is 1.46. The van der Waals surface area contributed by atoms with Crippen LogP contribution in [0.5, 0.6) is 11.5 Å². The number of carbonyl (C=O) groups excluding carboxylic acids is 2. The number of amides is 2. The fourth-order valence-corrected chi connectivity index (χ4v) is 3.13. The van der Waals surface area contributed by atoms with Crippen molar-refractivity contribution in [2.75, 3.05) is 25.0 Å². The third-order valence-corrected chi connectivity index (χ3v) is 4.74. The van der Waals surface area contributed by atoms with Gasteiger partial charge in [-0.2, -0.15) is 0 Å². The summed E-state index contributed by atoms with van der Waals surface area (Å²) in [6.45, 7) is 2.92. The molecule has 6 heteroatoms. The molecule has 0 saturated carbocycles. The monoisotopic (exact) mass is 368 g/mol. The molecule has 3 rings (SSSR count). The number of benzene rings is 2. The highest BCUT2D eigenvalue weighted by Gasteiger charge is 2.27. The van der Waals surface area contributed by atoms with Gasteiger partial charge in [-0.3, -0.25) is 9.59 Å². The maximum absolute atomic E-state index is 12.4. The van der Waals surface area contributed by atoms with Crippen LogP contribution in [0.4, 0.5) is 5.69 Å². The number of piperidine rings is 1. The Morgan fingerprint density at radius 1 is 1.15 bits per heavy atom. The van der Waals surface area contributed by atoms with Crippen LogP contribution >= 0.6 is 0 Å². The molecule has 1 heterocycles. The molecule has 0 unspecified atom stereocenters. The van der Waals surface area contributed by atoms with E-state index in [1.165, 1.54) is 0 Å². The van der Waals surface area contributed by atoms with Gasteiger partial charge in [-0.15, -0.1) is 0 Å². The lowest BCUT2D eigenvalue weighted by Gasteiger charge is -2.31. The Hall–Kier alpha value is -3.02. The predicted octanol–water partition coefficient (Wildman–Crippen LogP) is 2.96. The van der Waals surface area contributed by atoms with E-state index in [0.29, 0.717) is 37.4 Å². The molecular weight excluding hydrogens is 344 g/mol. The minimum atomic E-state index is -0.176. The number of aromatic hydroxyl groups is 1. The van der Waals surface area contributed by atoms with E-state index in [4.69, 9.17) is 4.74 Å². The number of likely N-dealkylation sites (tertiary alicyclic amines) is 1. The van der Waals surface area contributed by atoms with E-state index in [1.54, 1.807) is 17.0 Å². The Labute approximate surface area is 158 Å². The first-order valence-electron chi connectivity index (χ1n) is 9.09. The van der Waals surface area contributed by atoms with Crippen LogP contribution in [0.2, 0.25) is 0 Å². The second-order valence-electron chi connectivity index (χ2n) is 6.77. The second kappa shape index (κ2) is 8.58. The zero-order valence-corrected chi connectivity index (χ0v) is 15.4. The number of phenolic OH excluding ortho intramolecular Hbond substituents is 1. The predicted molar refractivity (Wildman–Crippen MR) is 103 cm³/mol. The highest BCUT2D eigenvalue weighted by molar-refractivity contribution is 5.94. The van der Waals surface area contributed by atoms with Crippen molar-refractivity contribution in [3.05, 3.63) is 54.1 Å². The number of para-hydroxylation sites is 1. The van der Waals surface area contributed by atoms with Gasteiger partial charge < -0.3 is 20.1 Å². The molecule has 2 aromatic rings. The van der Waals surface area contributed by atoms with Gasteiger partial charge in [0.1, 0.15) is 11.5 Å². The van der Waals surface area contributed by atoms with Gasteiger partial charge in [-0.25, -0.2) is 0 Å². The number of aryl methyl sites for hydroxylation is 1. The van der Waals surface area contributed by atoms with E-state index in [0.717, 1.165) is 5.56 Å². The van der Waals surface area contributed by atoms with Crippen molar-refractivity contribution >= 4 is 17.5 Å². The molecule has 1 aliphatic heterocycles. The molecule has 2 amide bonds. The van der Waals surface area contributed by atoms with E-state index < -0.39 is 0 Å². The molecule has 0 bridgehead atoms. The van der Waals surface area contributed by atoms with Crippen LogP contribution in [0.15, 0.2) is 48.5 Å². The molecule has 142 valence electrons. The van der Waals surface area contributed by atoms with Gasteiger partial charge in [-0.05, 0) is 49.6 Å². The summed E-state index contributed by atoms with van der Waals surface area (Å²) >= 11 is 0. The van der Waals surface area contributed by atoms with Gasteiger partial charge >= 0.3 is 0 Å². The van der Waals surface area contributed by atoms with Crippen LogP contribution in [0.3, 0.4) is 0 Å². The minimum Gasteiger partial charge on any atom is -0.506 e. The third kappa shape index (κ3) is 5.00. The topological polar surface area (TPSA) is 78.9 Å². The second-order valence-corrected chi connectivity index (χ2v) is 6.77. The normalized spacial score (nSPS) is 14.6. The van der Waals surface area contributed by atoms with E-state index in [-0.39, 0.29) is 30.1 Å². The summed E-state index contributed by atoms with van der Waals surface area (Å²) in [5.74, 6) is 0.354. The molecule has 1 aliphatic rings. The van der Waals surface area contributed by atoms with Crippen molar-refractivity contribution < 1.29 is 19.4 Å². The molecule has 2 aromatic carbocycles. The molecule has 0 atom stereocenters. The fourth-order valence-electron chi connectivity index (χ4n) is 3.13. The lowest BCUT2D eigenvalue weighted by Crippen LogP contribution is -2.43. The number of anilines is 1. The minimum absolute atomic E-state index is 0.00187. The van der Waals surface area contributed by atoms with Crippen LogP contribution in [-0.2, 0) is 9.59 Å². The van der Waals surface area contributed by atoms with E-state index >= 15 is 0 Å². The van der Waals surface area contributed by atoms with Crippen molar-refractivity contribution in [1.82, 2.24) is 4.90 Å². The maximum Gasteiger partial charge on any atom is 0.260 e. The van der Waals surface area contributed by atoms with Gasteiger partial charge in [0.25, 0.3) is 5.91 Å². The van der Waals surface area contributed by atoms with Crippen LogP contribution in [0.1, 0.15) is 18.4 Å². The lowest BCUT2D eigenvalue weighted by atomic mass is 9.95. The Morgan fingerprint density at radius 3 is 2.52 bits per heavy atom. The molecular formula is C21H24N2O4. The molecule has 0 aliphatic carbocycles. The van der Waals surface area contributed by atoms with Gasteiger partial charge in [0.15, 0.2) is 6.61 Å². The SMILES string of the molecule is Cc1ccc(NC(=O)C2CCN(C(=O)COc3ccccc3)CC2)c(O)c1. The summed E-state index contributed by atoms with van der Waals surface area (Å²) in [7, 11) is 0. The van der Waals surface area contributed by atoms with Gasteiger partial charge in [0, 0.05) is 19.0 Å². The summed E-state index contributed by atoms with van der Waals surface area (Å²) in [5.41, 5.74) is 1.34. The number of hydrogen-bond donors (Lipinski definition) is 2. The molecule has 1 fully saturated rings. The van der Waals surface area contributed by atoms with Crippen LogP contribution < -0.4 is 10.1 Å². The Kier molecular flexibility index (Phi) is 5.96. The first-order valence-corrected chi connectivity index (χ1v) is 9.09. The van der Waals surface area contributed by atoms with Crippen molar-refractivity contribution in [3.63, 3.8) is 0 Å². The number of nitrogens with zero attached hydrogens (tertiary/aromatic N) is 1. The van der Waals surface area contributed by atoms with Crippen molar-refractivity contribution in [1.29, 1.82) is 0 Å². The van der Waals surface area contributed by atoms with E-state index in [2.05, 4.69) is 5.32 Å². The van der Waals surface area contributed by atoms with E-state index in [9.17, 15) is 14.7 Å². The number of ether oxygens (including phenoxy) is 1. The summed E-state index contributed by atoms with van der Waals surface area (Å²) in [6.07, 6.45) is 1.19. The number of carbonyl (C=O) groups is 2. The van der Waals surface area contributed by atoms with Crippen molar-refractivity contribution in [2.45, 2.75) is 19.8 Å². The van der Waals surface area contributed by atoms with Gasteiger partial charge in [0.2, 0.25) is 5.91 Å². The maximum atomic E-state index is 12.4. The lowest BCUT2D eigenvalue weighted by molar-refractivity contribution is -0.136. The van der Waals surface area contributed by atoms with Crippen molar-refractivity contribution in [2.24, 2.45) is 5.92 Å². The van der Waals surface area contributed by atoms with Gasteiger partial charge in [-0.1, -0.05) is 24.3 Å². The summed E-state index contributed by atoms with van der Waals surface area (Å²) in [5, 5.41) is 12.7. The number of rotatable bonds is 5. The summed E-state index contributed by atoms with van der Waals surface area (Å²) < 4.78 is 5.50. The van der Waals surface area contributed by atoms with Crippen molar-refractivity contribution in [3.8, 4) is 11.5 Å². The zero-order valence-electron chi connectivity index (χ0n) is 15.4. The highest BCUT2D eigenvalue weighted by Crippen LogP contribution is 2.26. The molecule has 0 spiro atoms. The molecule has 0 aromatic heterocycles. The Bertz CT molecular complexity index is 799. The first-order chi connectivity index (χ1) is 13.0. The standard InChI is InChI=1S/C21H24N2O4/c1-15-7-8-18(19(24)13-15)22-21(26)16-9-11-23(12-10-16)20(25)14-27-17-5-3-2-4-6-17/h2-8,13,16,24H,9-12,14H2,1H3,(H,22,26). The smallest absolute Gasteiger partial charge is 0.260 e. The number of phenols is 1. The highest BCUT2D eigenvalue weighted by atomic mass is 16.5. The molecule has 27 heavy (non-hydrogen) atoms. The summed E-state index contributed by atoms with van der Waals surface area (Å²) in [6, 6.07) is 14.4. The quantitative estimate of drug-likeness (QED) is 0.796. The third-order valence-electron chi connectivity index (χ3n) is 4.74. The van der Waals surface area contributed by atoms with Crippen LogP contribution in [-0.4, -0.2) is 41.5 Å². The van der Waals surface area contributed by atoms with Crippen LogP contribution in [0.25, 0.3) is 0 Å². The molecule has 2 N–H and O–H groups in total. The number of hydrogen-bond acceptors (Lipinski definition) is 4. The average molecular weight is 368 g/mol. The van der Waals surface area contributed by atoms with Gasteiger partial charge in [0.05, 0.1) is 5.69 Å². The number of nitrogens with one attached hydrogen (secondary N) is 1. The Morgan fingerprint density at radius 2 is 1.85 bits per heavy atom. The fraction of sp³-hybridized carbons (Fsp3) is 0.333.